The predicted octanol–water partition coefficient (Wildman–Crippen LogP) is 3.34. The van der Waals surface area contributed by atoms with Gasteiger partial charge in [0.25, 0.3) is 5.69 Å². The lowest BCUT2D eigenvalue weighted by atomic mass is 10.2. The molecule has 0 saturated heterocycles. The van der Waals surface area contributed by atoms with Crippen LogP contribution in [0.15, 0.2) is 42.1 Å². The second-order valence-electron chi connectivity index (χ2n) is 3.84. The largest absolute Gasteiger partial charge is 0.489 e. The van der Waals surface area contributed by atoms with Gasteiger partial charge in [-0.3, -0.25) is 10.1 Å². The average Bonchev–Trinajstić information content (AvgIpc) is 2.29. The maximum atomic E-state index is 10.4. The summed E-state index contributed by atoms with van der Waals surface area (Å²) in [6, 6.07) is 6.00. The lowest BCUT2D eigenvalue weighted by Gasteiger charge is -2.01. The molecule has 0 atom stereocenters. The van der Waals surface area contributed by atoms with E-state index in [9.17, 15) is 10.1 Å². The van der Waals surface area contributed by atoms with Crippen molar-refractivity contribution < 1.29 is 9.66 Å². The van der Waals surface area contributed by atoms with Gasteiger partial charge in [-0.2, -0.15) is 0 Å². The third-order valence-electron chi connectivity index (χ3n) is 1.93. The molecule has 1 rings (SSSR count). The van der Waals surface area contributed by atoms with E-state index in [1.54, 1.807) is 18.2 Å². The predicted molar refractivity (Wildman–Crippen MR) is 66.1 cm³/mol. The van der Waals surface area contributed by atoms with Gasteiger partial charge < -0.3 is 4.74 Å². The molecule has 0 fully saturated rings. The van der Waals surface area contributed by atoms with E-state index in [1.165, 1.54) is 12.1 Å². The van der Waals surface area contributed by atoms with Crippen molar-refractivity contribution in [2.24, 2.45) is 5.92 Å². The molecule has 1 aromatic carbocycles. The van der Waals surface area contributed by atoms with E-state index in [2.05, 4.69) is 19.6 Å². The lowest BCUT2D eigenvalue weighted by Crippen LogP contribution is -1.93. The standard InChI is InChI=1S/C13H15NO3/c1-11(2)5-3-4-10-17-13-8-6-12(7-9-13)14(15)16/h4-9,11H,10H2,1-2H3. The Morgan fingerprint density at radius 1 is 1.41 bits per heavy atom. The van der Waals surface area contributed by atoms with Crippen molar-refractivity contribution in [3.05, 3.63) is 52.3 Å². The summed E-state index contributed by atoms with van der Waals surface area (Å²) in [4.78, 5) is 9.98. The third-order valence-corrected chi connectivity index (χ3v) is 1.93. The molecule has 0 bridgehead atoms. The Morgan fingerprint density at radius 2 is 2.06 bits per heavy atom. The van der Waals surface area contributed by atoms with Crippen LogP contribution in [0.2, 0.25) is 0 Å². The maximum Gasteiger partial charge on any atom is 0.269 e. The van der Waals surface area contributed by atoms with Gasteiger partial charge in [0.05, 0.1) is 4.92 Å². The molecule has 1 aromatic rings. The fraction of sp³-hybridized carbons (Fsp3) is 0.308. The van der Waals surface area contributed by atoms with Crippen LogP contribution in [0.5, 0.6) is 5.75 Å². The number of nitrogens with zero attached hydrogens (tertiary/aromatic N) is 1. The average molecular weight is 233 g/mol. The Morgan fingerprint density at radius 3 is 2.59 bits per heavy atom. The molecule has 0 aliphatic carbocycles. The molecule has 17 heavy (non-hydrogen) atoms. The second-order valence-corrected chi connectivity index (χ2v) is 3.84. The van der Waals surface area contributed by atoms with E-state index in [0.717, 1.165) is 0 Å². The number of hydrogen-bond donors (Lipinski definition) is 0. The molecule has 4 nitrogen and oxygen atoms in total. The van der Waals surface area contributed by atoms with Crippen LogP contribution in [0.3, 0.4) is 0 Å². The SMILES string of the molecule is CC(C)C=C=CCOc1ccc([N+](=O)[O-])cc1. The highest BCUT2D eigenvalue weighted by atomic mass is 16.6. The number of benzene rings is 1. The molecule has 0 radical (unpaired) electrons. The maximum absolute atomic E-state index is 10.4. The smallest absolute Gasteiger partial charge is 0.269 e. The van der Waals surface area contributed by atoms with Gasteiger partial charge in [-0.25, -0.2) is 0 Å². The zero-order valence-corrected chi connectivity index (χ0v) is 9.92. The first-order valence-corrected chi connectivity index (χ1v) is 5.38. The topological polar surface area (TPSA) is 52.4 Å². The van der Waals surface area contributed by atoms with Gasteiger partial charge in [-0.15, -0.1) is 5.73 Å². The van der Waals surface area contributed by atoms with Crippen molar-refractivity contribution in [2.75, 3.05) is 6.61 Å². The highest BCUT2D eigenvalue weighted by molar-refractivity contribution is 5.36. The van der Waals surface area contributed by atoms with Crippen molar-refractivity contribution in [3.63, 3.8) is 0 Å². The van der Waals surface area contributed by atoms with Gasteiger partial charge in [0.2, 0.25) is 0 Å². The molecule has 0 spiro atoms. The zero-order valence-electron chi connectivity index (χ0n) is 9.92. The minimum absolute atomic E-state index is 0.0626. The van der Waals surface area contributed by atoms with Crippen LogP contribution in [0, 0.1) is 16.0 Å². The quantitative estimate of drug-likeness (QED) is 0.445. The first kappa shape index (κ1) is 13.0. The molecule has 0 saturated carbocycles. The van der Waals surface area contributed by atoms with E-state index in [-0.39, 0.29) is 5.69 Å². The van der Waals surface area contributed by atoms with Crippen molar-refractivity contribution in [3.8, 4) is 5.75 Å². The van der Waals surface area contributed by atoms with Crippen LogP contribution < -0.4 is 4.74 Å². The van der Waals surface area contributed by atoms with Crippen LogP contribution in [0.4, 0.5) is 5.69 Å². The monoisotopic (exact) mass is 233 g/mol. The van der Waals surface area contributed by atoms with Crippen molar-refractivity contribution >= 4 is 5.69 Å². The number of rotatable bonds is 5. The van der Waals surface area contributed by atoms with Crippen LogP contribution in [-0.2, 0) is 0 Å². The molecular weight excluding hydrogens is 218 g/mol. The molecule has 0 heterocycles. The molecule has 4 heteroatoms. The Balaban J connectivity index is 2.48. The zero-order chi connectivity index (χ0) is 12.7. The highest BCUT2D eigenvalue weighted by Gasteiger charge is 2.03. The molecular formula is C13H15NO3. The summed E-state index contributed by atoms with van der Waals surface area (Å²) < 4.78 is 5.36. The Hall–Kier alpha value is -2.06. The van der Waals surface area contributed by atoms with Crippen LogP contribution in [0.1, 0.15) is 13.8 Å². The van der Waals surface area contributed by atoms with Crippen molar-refractivity contribution in [1.82, 2.24) is 0 Å². The van der Waals surface area contributed by atoms with E-state index in [0.29, 0.717) is 18.3 Å². The Labute approximate surface area is 100 Å². The summed E-state index contributed by atoms with van der Waals surface area (Å²) in [5, 5.41) is 10.4. The van der Waals surface area contributed by atoms with Gasteiger partial charge in [-0.05, 0) is 30.2 Å². The van der Waals surface area contributed by atoms with E-state index in [1.807, 2.05) is 6.08 Å². The van der Waals surface area contributed by atoms with Gasteiger partial charge in [-0.1, -0.05) is 13.8 Å². The molecule has 0 unspecified atom stereocenters. The van der Waals surface area contributed by atoms with E-state index in [4.69, 9.17) is 4.74 Å². The van der Waals surface area contributed by atoms with E-state index >= 15 is 0 Å². The van der Waals surface area contributed by atoms with Crippen molar-refractivity contribution in [2.45, 2.75) is 13.8 Å². The fourth-order valence-corrected chi connectivity index (χ4v) is 1.11. The summed E-state index contributed by atoms with van der Waals surface area (Å²) in [5.41, 5.74) is 3.06. The van der Waals surface area contributed by atoms with Gasteiger partial charge in [0.15, 0.2) is 0 Å². The van der Waals surface area contributed by atoms with Crippen LogP contribution in [0.25, 0.3) is 0 Å². The summed E-state index contributed by atoms with van der Waals surface area (Å²) in [6.45, 7) is 4.54. The summed E-state index contributed by atoms with van der Waals surface area (Å²) in [7, 11) is 0. The van der Waals surface area contributed by atoms with Crippen LogP contribution in [-0.4, -0.2) is 11.5 Å². The van der Waals surface area contributed by atoms with Crippen LogP contribution >= 0.6 is 0 Å². The minimum atomic E-state index is -0.435. The first-order valence-electron chi connectivity index (χ1n) is 5.38. The van der Waals surface area contributed by atoms with E-state index < -0.39 is 4.92 Å². The number of ether oxygens (including phenoxy) is 1. The summed E-state index contributed by atoms with van der Waals surface area (Å²) >= 11 is 0. The molecule has 0 aliphatic rings. The number of non-ortho nitro benzene ring substituents is 1. The number of nitro benzene ring substituents is 1. The summed E-state index contributed by atoms with van der Waals surface area (Å²) in [6.07, 6.45) is 3.72. The first-order chi connectivity index (χ1) is 8.09. The summed E-state index contributed by atoms with van der Waals surface area (Å²) in [5.74, 6) is 1.07. The molecule has 0 N–H and O–H groups in total. The highest BCUT2D eigenvalue weighted by Crippen LogP contribution is 2.16. The minimum Gasteiger partial charge on any atom is -0.489 e. The number of hydrogen-bond acceptors (Lipinski definition) is 3. The number of nitro groups is 1. The Bertz CT molecular complexity index is 428. The normalized spacial score (nSPS) is 9.59. The molecule has 0 amide bonds. The van der Waals surface area contributed by atoms with Gasteiger partial charge >= 0.3 is 0 Å². The third kappa shape index (κ3) is 5.00. The molecule has 0 aliphatic heterocycles. The van der Waals surface area contributed by atoms with Crippen molar-refractivity contribution in [1.29, 1.82) is 0 Å². The van der Waals surface area contributed by atoms with Gasteiger partial charge in [0, 0.05) is 12.1 Å². The van der Waals surface area contributed by atoms with Gasteiger partial charge in [0.1, 0.15) is 12.4 Å². The lowest BCUT2D eigenvalue weighted by molar-refractivity contribution is -0.384. The second kappa shape index (κ2) is 6.51. The molecule has 90 valence electrons. The molecule has 0 aromatic heterocycles. The Kier molecular flexibility index (Phi) is 4.98. The fourth-order valence-electron chi connectivity index (χ4n) is 1.11.